The average molecular weight is 263 g/mol. The Kier molecular flexibility index (Phi) is 4.29. The maximum absolute atomic E-state index is 12.3. The van der Waals surface area contributed by atoms with Gasteiger partial charge in [0, 0.05) is 0 Å². The number of nitrogens with one attached hydrogen (secondary N) is 1. The van der Waals surface area contributed by atoms with E-state index in [4.69, 9.17) is 0 Å². The molecule has 0 fully saturated rings. The van der Waals surface area contributed by atoms with Crippen molar-refractivity contribution >= 4 is 6.09 Å². The second-order valence-electron chi connectivity index (χ2n) is 3.03. The van der Waals surface area contributed by atoms with Crippen molar-refractivity contribution in [2.45, 2.75) is 24.8 Å². The quantitative estimate of drug-likeness (QED) is 0.613. The average Bonchev–Trinajstić information content (AvgIpc) is 2.10. The monoisotopic (exact) mass is 263 g/mol. The molecular formula is C8H7F6NO2. The van der Waals surface area contributed by atoms with E-state index in [2.05, 4.69) is 11.2 Å². The van der Waals surface area contributed by atoms with Crippen molar-refractivity contribution < 1.29 is 35.9 Å². The molecule has 0 spiro atoms. The van der Waals surface area contributed by atoms with Gasteiger partial charge in [-0.05, 0) is 6.92 Å². The van der Waals surface area contributed by atoms with E-state index in [1.54, 1.807) is 5.92 Å². The molecule has 0 aliphatic carbocycles. The van der Waals surface area contributed by atoms with E-state index in [9.17, 15) is 31.1 Å². The summed E-state index contributed by atoms with van der Waals surface area (Å²) in [6.45, 7) is -0.957. The lowest BCUT2D eigenvalue weighted by Crippen LogP contribution is -2.65. The molecule has 0 aromatic heterocycles. The maximum atomic E-state index is 12.3. The number of halogens is 6. The number of rotatable bonds is 2. The van der Waals surface area contributed by atoms with Crippen molar-refractivity contribution in [2.24, 2.45) is 0 Å². The van der Waals surface area contributed by atoms with Gasteiger partial charge >= 0.3 is 18.4 Å². The Morgan fingerprint density at radius 1 is 1.24 bits per heavy atom. The summed E-state index contributed by atoms with van der Waals surface area (Å²) in [6, 6.07) is 0. The van der Waals surface area contributed by atoms with Crippen LogP contribution in [0.3, 0.4) is 0 Å². The van der Waals surface area contributed by atoms with Crippen molar-refractivity contribution in [1.29, 1.82) is 0 Å². The molecule has 0 aliphatic heterocycles. The third-order valence-corrected chi connectivity index (χ3v) is 1.77. The summed E-state index contributed by atoms with van der Waals surface area (Å²) < 4.78 is 77.4. The van der Waals surface area contributed by atoms with Crippen LogP contribution in [0.5, 0.6) is 0 Å². The SMILES string of the molecule is C#CCOC(=O)NC(C)(C(F)(F)F)C(F)(F)F. The number of alkyl halides is 6. The zero-order valence-corrected chi connectivity index (χ0v) is 8.37. The topological polar surface area (TPSA) is 38.3 Å². The molecule has 17 heavy (non-hydrogen) atoms. The summed E-state index contributed by atoms with van der Waals surface area (Å²) in [5.74, 6) is 1.72. The predicted molar refractivity (Wildman–Crippen MR) is 43.8 cm³/mol. The molecule has 0 rings (SSSR count). The lowest BCUT2D eigenvalue weighted by atomic mass is 10.0. The van der Waals surface area contributed by atoms with Crippen LogP contribution < -0.4 is 5.32 Å². The van der Waals surface area contributed by atoms with Gasteiger partial charge in [0.05, 0.1) is 0 Å². The molecule has 1 N–H and O–H groups in total. The number of ether oxygens (including phenoxy) is 1. The van der Waals surface area contributed by atoms with E-state index in [1.807, 2.05) is 0 Å². The first kappa shape index (κ1) is 15.4. The highest BCUT2D eigenvalue weighted by Crippen LogP contribution is 2.42. The second kappa shape index (κ2) is 4.73. The van der Waals surface area contributed by atoms with E-state index >= 15 is 0 Å². The molecule has 9 heteroatoms. The molecule has 3 nitrogen and oxygen atoms in total. The smallest absolute Gasteiger partial charge is 0.420 e. The van der Waals surface area contributed by atoms with Gasteiger partial charge in [0.25, 0.3) is 0 Å². The van der Waals surface area contributed by atoms with Gasteiger partial charge in [-0.2, -0.15) is 26.3 Å². The standard InChI is InChI=1S/C8H7F6NO2/c1-3-4-17-5(16)15-6(2,7(9,10)11)8(12,13)14/h1H,4H2,2H3,(H,15,16). The van der Waals surface area contributed by atoms with Crippen LogP contribution >= 0.6 is 0 Å². The van der Waals surface area contributed by atoms with Gasteiger partial charge in [-0.3, -0.25) is 5.32 Å². The van der Waals surface area contributed by atoms with Crippen LogP contribution in [0.25, 0.3) is 0 Å². The van der Waals surface area contributed by atoms with E-state index in [-0.39, 0.29) is 6.92 Å². The number of carbonyl (C=O) groups is 1. The Bertz CT molecular complexity index is 312. The summed E-state index contributed by atoms with van der Waals surface area (Å²) in [4.78, 5) is 10.7. The van der Waals surface area contributed by atoms with Gasteiger partial charge in [-0.1, -0.05) is 5.92 Å². The molecule has 0 atom stereocenters. The maximum Gasteiger partial charge on any atom is 0.420 e. The van der Waals surface area contributed by atoms with Gasteiger partial charge in [0.2, 0.25) is 5.54 Å². The molecule has 0 saturated heterocycles. The number of alkyl carbamates (subject to hydrolysis) is 1. The van der Waals surface area contributed by atoms with Gasteiger partial charge in [-0.15, -0.1) is 6.42 Å². The van der Waals surface area contributed by atoms with Crippen LogP contribution in [0.2, 0.25) is 0 Å². The third kappa shape index (κ3) is 3.44. The van der Waals surface area contributed by atoms with E-state index in [1.165, 1.54) is 0 Å². The fourth-order valence-electron chi connectivity index (χ4n) is 0.650. The molecular weight excluding hydrogens is 256 g/mol. The minimum Gasteiger partial charge on any atom is -0.436 e. The Morgan fingerprint density at radius 3 is 1.94 bits per heavy atom. The Morgan fingerprint density at radius 2 is 1.65 bits per heavy atom. The molecule has 0 heterocycles. The predicted octanol–water partition coefficient (Wildman–Crippen LogP) is 2.23. The van der Waals surface area contributed by atoms with Gasteiger partial charge < -0.3 is 4.74 Å². The molecule has 1 amide bonds. The minimum atomic E-state index is -5.72. The summed E-state index contributed by atoms with van der Waals surface area (Å²) in [5.41, 5.74) is -4.40. The first-order chi connectivity index (χ1) is 7.45. The van der Waals surface area contributed by atoms with E-state index < -0.39 is 30.6 Å². The zero-order chi connectivity index (χ0) is 13.9. The lowest BCUT2D eigenvalue weighted by molar-refractivity contribution is -0.298. The van der Waals surface area contributed by atoms with Crippen LogP contribution in [0, 0.1) is 12.3 Å². The van der Waals surface area contributed by atoms with Crippen LogP contribution in [0.15, 0.2) is 0 Å². The molecule has 0 radical (unpaired) electrons. The molecule has 0 unspecified atom stereocenters. The number of hydrogen-bond donors (Lipinski definition) is 1. The van der Waals surface area contributed by atoms with E-state index in [0.717, 1.165) is 0 Å². The van der Waals surface area contributed by atoms with Crippen molar-refractivity contribution in [3.63, 3.8) is 0 Å². The highest BCUT2D eigenvalue weighted by atomic mass is 19.4. The van der Waals surface area contributed by atoms with Crippen LogP contribution in [-0.2, 0) is 4.74 Å². The largest absolute Gasteiger partial charge is 0.436 e. The Labute approximate surface area is 92.1 Å². The normalized spacial score (nSPS) is 12.8. The molecule has 0 saturated carbocycles. The first-order valence-corrected chi connectivity index (χ1v) is 3.97. The summed E-state index contributed by atoms with van der Waals surface area (Å²) in [5, 5.41) is 0.701. The number of terminal acetylenes is 1. The number of carbonyl (C=O) groups excluding carboxylic acids is 1. The molecule has 0 aromatic rings. The van der Waals surface area contributed by atoms with Crippen LogP contribution in [-0.4, -0.2) is 30.6 Å². The van der Waals surface area contributed by atoms with Gasteiger partial charge in [-0.25, -0.2) is 4.79 Å². The van der Waals surface area contributed by atoms with Crippen molar-refractivity contribution in [1.82, 2.24) is 5.32 Å². The fraction of sp³-hybridized carbons (Fsp3) is 0.625. The summed E-state index contributed by atoms with van der Waals surface area (Å²) in [7, 11) is 0. The van der Waals surface area contributed by atoms with Crippen LogP contribution in [0.4, 0.5) is 31.1 Å². The Hall–Kier alpha value is -1.59. The van der Waals surface area contributed by atoms with Crippen molar-refractivity contribution in [3.05, 3.63) is 0 Å². The number of hydrogen-bond acceptors (Lipinski definition) is 2. The second-order valence-corrected chi connectivity index (χ2v) is 3.03. The molecule has 0 aromatic carbocycles. The highest BCUT2D eigenvalue weighted by molar-refractivity contribution is 5.68. The zero-order valence-electron chi connectivity index (χ0n) is 8.37. The number of amides is 1. The van der Waals surface area contributed by atoms with E-state index in [0.29, 0.717) is 5.32 Å². The van der Waals surface area contributed by atoms with Gasteiger partial charge in [0.1, 0.15) is 0 Å². The minimum absolute atomic E-state index is 0.218. The first-order valence-electron chi connectivity index (χ1n) is 3.97. The molecule has 0 bridgehead atoms. The molecule has 98 valence electrons. The Balaban J connectivity index is 5.01. The molecule has 0 aliphatic rings. The van der Waals surface area contributed by atoms with Crippen LogP contribution in [0.1, 0.15) is 6.92 Å². The van der Waals surface area contributed by atoms with Crippen molar-refractivity contribution in [2.75, 3.05) is 6.61 Å². The van der Waals surface area contributed by atoms with Crippen molar-refractivity contribution in [3.8, 4) is 12.3 Å². The third-order valence-electron chi connectivity index (χ3n) is 1.77. The lowest BCUT2D eigenvalue weighted by Gasteiger charge is -2.33. The fourth-order valence-corrected chi connectivity index (χ4v) is 0.650. The summed E-state index contributed by atoms with van der Waals surface area (Å²) in [6.07, 6.45) is -8.73. The summed E-state index contributed by atoms with van der Waals surface area (Å²) >= 11 is 0. The van der Waals surface area contributed by atoms with Gasteiger partial charge in [0.15, 0.2) is 6.61 Å². The highest BCUT2D eigenvalue weighted by Gasteiger charge is 2.68.